The third-order valence-electron chi connectivity index (χ3n) is 3.71. The van der Waals surface area contributed by atoms with Gasteiger partial charge in [-0.25, -0.2) is 9.78 Å². The molecule has 0 bridgehead atoms. The molecule has 0 N–H and O–H groups in total. The molecule has 2 aromatic rings. The van der Waals surface area contributed by atoms with E-state index in [4.69, 9.17) is 4.74 Å². The fourth-order valence-electron chi connectivity index (χ4n) is 2.74. The van der Waals surface area contributed by atoms with Crippen LogP contribution in [0.25, 0.3) is 11.0 Å². The molecule has 0 atom stereocenters. The number of fused-ring (bicyclic) bond motifs is 1. The molecular formula is C16H20BrN3O2. The average Bonchev–Trinajstić information content (AvgIpc) is 2.62. The number of nitrogens with zero attached hydrogens (tertiary/aromatic N) is 3. The number of rotatable bonds is 1. The first-order chi connectivity index (χ1) is 10.2. The van der Waals surface area contributed by atoms with E-state index in [2.05, 4.69) is 31.5 Å². The summed E-state index contributed by atoms with van der Waals surface area (Å²) in [5, 5.41) is 0. The van der Waals surface area contributed by atoms with Crippen LogP contribution in [0.5, 0.6) is 0 Å². The van der Waals surface area contributed by atoms with Crippen molar-refractivity contribution < 1.29 is 9.53 Å². The van der Waals surface area contributed by atoms with Gasteiger partial charge in [-0.15, -0.1) is 0 Å². The molecule has 0 unspecified atom stereocenters. The number of ether oxygens (including phenoxy) is 1. The standard InChI is InChI=1S/C16H20BrN3O2/c1-10-18-13-6-5-11(17)7-14(13)20(10)12-8-19(9-12)15(21)22-16(2,3)4/h5-7,12H,8-9H2,1-4H3. The van der Waals surface area contributed by atoms with Crippen LogP contribution in [0.1, 0.15) is 32.6 Å². The van der Waals surface area contributed by atoms with E-state index < -0.39 is 5.60 Å². The van der Waals surface area contributed by atoms with Gasteiger partial charge >= 0.3 is 6.09 Å². The molecule has 5 nitrogen and oxygen atoms in total. The van der Waals surface area contributed by atoms with Gasteiger partial charge in [0, 0.05) is 17.6 Å². The summed E-state index contributed by atoms with van der Waals surface area (Å²) in [6, 6.07) is 6.33. The Balaban J connectivity index is 1.77. The molecule has 1 aliphatic heterocycles. The minimum atomic E-state index is -0.454. The molecule has 0 aliphatic carbocycles. The van der Waals surface area contributed by atoms with Gasteiger partial charge in [0.05, 0.1) is 17.1 Å². The van der Waals surface area contributed by atoms with Crippen molar-refractivity contribution in [3.05, 3.63) is 28.5 Å². The molecule has 0 saturated carbocycles. The summed E-state index contributed by atoms with van der Waals surface area (Å²) in [5.41, 5.74) is 1.63. The molecule has 1 aromatic carbocycles. The van der Waals surface area contributed by atoms with Gasteiger partial charge in [0.25, 0.3) is 0 Å². The Morgan fingerprint density at radius 3 is 2.68 bits per heavy atom. The summed E-state index contributed by atoms with van der Waals surface area (Å²) >= 11 is 3.51. The summed E-state index contributed by atoms with van der Waals surface area (Å²) in [4.78, 5) is 18.4. The zero-order chi connectivity index (χ0) is 16.1. The normalized spacial score (nSPS) is 16.0. The van der Waals surface area contributed by atoms with E-state index in [0.29, 0.717) is 13.1 Å². The number of benzene rings is 1. The molecule has 22 heavy (non-hydrogen) atoms. The van der Waals surface area contributed by atoms with Crippen molar-refractivity contribution in [2.24, 2.45) is 0 Å². The van der Waals surface area contributed by atoms with E-state index in [1.165, 1.54) is 0 Å². The predicted molar refractivity (Wildman–Crippen MR) is 89.0 cm³/mol. The Hall–Kier alpha value is -1.56. The second-order valence-corrected chi connectivity index (χ2v) is 7.62. The van der Waals surface area contributed by atoms with E-state index >= 15 is 0 Å². The lowest BCUT2D eigenvalue weighted by molar-refractivity contribution is 0.00128. The van der Waals surface area contributed by atoms with Crippen LogP contribution >= 0.6 is 15.9 Å². The largest absolute Gasteiger partial charge is 0.444 e. The first-order valence-corrected chi connectivity index (χ1v) is 8.16. The first kappa shape index (κ1) is 15.3. The number of likely N-dealkylation sites (tertiary alicyclic amines) is 1. The van der Waals surface area contributed by atoms with E-state index in [9.17, 15) is 4.79 Å². The van der Waals surface area contributed by atoms with Gasteiger partial charge in [0.15, 0.2) is 0 Å². The van der Waals surface area contributed by atoms with E-state index in [1.54, 1.807) is 4.90 Å². The average molecular weight is 366 g/mol. The lowest BCUT2D eigenvalue weighted by atomic mass is 10.1. The molecule has 1 fully saturated rings. The van der Waals surface area contributed by atoms with Crippen LogP contribution < -0.4 is 0 Å². The quantitative estimate of drug-likeness (QED) is 0.769. The SMILES string of the molecule is Cc1nc2ccc(Br)cc2n1C1CN(C(=O)OC(C)(C)C)C1. The smallest absolute Gasteiger partial charge is 0.410 e. The third kappa shape index (κ3) is 2.84. The van der Waals surface area contributed by atoms with Gasteiger partial charge < -0.3 is 14.2 Å². The molecule has 1 aliphatic rings. The summed E-state index contributed by atoms with van der Waals surface area (Å²) in [6.07, 6.45) is -0.244. The van der Waals surface area contributed by atoms with Gasteiger partial charge in [-0.1, -0.05) is 15.9 Å². The monoisotopic (exact) mass is 365 g/mol. The maximum absolute atomic E-state index is 12.0. The van der Waals surface area contributed by atoms with Crippen LogP contribution in [0.15, 0.2) is 22.7 Å². The molecule has 2 heterocycles. The van der Waals surface area contributed by atoms with E-state index in [-0.39, 0.29) is 12.1 Å². The summed E-state index contributed by atoms with van der Waals surface area (Å²) in [6.45, 7) is 8.97. The maximum Gasteiger partial charge on any atom is 0.410 e. The van der Waals surface area contributed by atoms with Crippen LogP contribution in [-0.4, -0.2) is 39.2 Å². The van der Waals surface area contributed by atoms with Crippen LogP contribution in [0.3, 0.4) is 0 Å². The van der Waals surface area contributed by atoms with Crippen molar-refractivity contribution in [3.8, 4) is 0 Å². The summed E-state index contributed by atoms with van der Waals surface area (Å²) < 4.78 is 8.64. The van der Waals surface area contributed by atoms with Crippen molar-refractivity contribution in [3.63, 3.8) is 0 Å². The summed E-state index contributed by atoms with van der Waals surface area (Å²) in [5.74, 6) is 0.974. The number of halogens is 1. The lowest BCUT2D eigenvalue weighted by Gasteiger charge is -2.41. The Morgan fingerprint density at radius 2 is 2.05 bits per heavy atom. The van der Waals surface area contributed by atoms with Gasteiger partial charge in [-0.3, -0.25) is 0 Å². The number of aryl methyl sites for hydroxylation is 1. The van der Waals surface area contributed by atoms with Gasteiger partial charge in [-0.2, -0.15) is 0 Å². The van der Waals surface area contributed by atoms with Crippen LogP contribution in [0.2, 0.25) is 0 Å². The van der Waals surface area contributed by atoms with Crippen LogP contribution in [-0.2, 0) is 4.74 Å². The number of hydrogen-bond acceptors (Lipinski definition) is 3. The van der Waals surface area contributed by atoms with Crippen LogP contribution in [0, 0.1) is 6.92 Å². The summed E-state index contributed by atoms with van der Waals surface area (Å²) in [7, 11) is 0. The Bertz CT molecular complexity index is 727. The molecular weight excluding hydrogens is 346 g/mol. The third-order valence-corrected chi connectivity index (χ3v) is 4.20. The number of hydrogen-bond donors (Lipinski definition) is 0. The lowest BCUT2D eigenvalue weighted by Crippen LogP contribution is -2.52. The van der Waals surface area contributed by atoms with Crippen LogP contribution in [0.4, 0.5) is 4.79 Å². The highest BCUT2D eigenvalue weighted by molar-refractivity contribution is 9.10. The fraction of sp³-hybridized carbons (Fsp3) is 0.500. The van der Waals surface area contributed by atoms with Crippen molar-refractivity contribution in [1.82, 2.24) is 14.5 Å². The van der Waals surface area contributed by atoms with Gasteiger partial charge in [-0.05, 0) is 45.9 Å². The van der Waals surface area contributed by atoms with Crippen molar-refractivity contribution in [2.45, 2.75) is 39.3 Å². The van der Waals surface area contributed by atoms with Crippen molar-refractivity contribution >= 4 is 33.1 Å². The predicted octanol–water partition coefficient (Wildman–Crippen LogP) is 3.90. The topological polar surface area (TPSA) is 47.4 Å². The Morgan fingerprint density at radius 1 is 1.36 bits per heavy atom. The number of aromatic nitrogens is 2. The first-order valence-electron chi connectivity index (χ1n) is 7.36. The minimum absolute atomic E-state index is 0.244. The second-order valence-electron chi connectivity index (χ2n) is 6.70. The molecule has 3 rings (SSSR count). The molecule has 6 heteroatoms. The number of carbonyl (C=O) groups is 1. The Labute approximate surface area is 138 Å². The molecule has 0 radical (unpaired) electrons. The van der Waals surface area contributed by atoms with Gasteiger partial charge in [0.1, 0.15) is 11.4 Å². The molecule has 1 aromatic heterocycles. The van der Waals surface area contributed by atoms with E-state index in [1.807, 2.05) is 39.8 Å². The second kappa shape index (κ2) is 5.26. The van der Waals surface area contributed by atoms with E-state index in [0.717, 1.165) is 21.3 Å². The highest BCUT2D eigenvalue weighted by Gasteiger charge is 2.36. The number of carbonyl (C=O) groups excluding carboxylic acids is 1. The number of imidazole rings is 1. The van der Waals surface area contributed by atoms with Gasteiger partial charge in [0.2, 0.25) is 0 Å². The van der Waals surface area contributed by atoms with Crippen molar-refractivity contribution in [1.29, 1.82) is 0 Å². The zero-order valence-electron chi connectivity index (χ0n) is 13.3. The highest BCUT2D eigenvalue weighted by atomic mass is 79.9. The molecule has 118 valence electrons. The highest BCUT2D eigenvalue weighted by Crippen LogP contribution is 2.30. The minimum Gasteiger partial charge on any atom is -0.444 e. The molecule has 1 saturated heterocycles. The van der Waals surface area contributed by atoms with Crippen molar-refractivity contribution in [2.75, 3.05) is 13.1 Å². The number of amides is 1. The molecule has 0 spiro atoms. The zero-order valence-corrected chi connectivity index (χ0v) is 14.8. The maximum atomic E-state index is 12.0. The molecule has 1 amide bonds. The Kier molecular flexibility index (Phi) is 3.67. The fourth-order valence-corrected chi connectivity index (χ4v) is 3.09.